The summed E-state index contributed by atoms with van der Waals surface area (Å²) in [5.74, 6) is 1.74. The van der Waals surface area contributed by atoms with Crippen molar-refractivity contribution in [2.45, 2.75) is 19.3 Å². The summed E-state index contributed by atoms with van der Waals surface area (Å²) in [6, 6.07) is 5.82. The number of methoxy groups -OCH3 is 1. The SMILES string of the molecule is COCCN(C)c1nc(-c2ccccn2)nc2c1CCC2. The van der Waals surface area contributed by atoms with Gasteiger partial charge in [-0.15, -0.1) is 0 Å². The second-order valence-electron chi connectivity index (χ2n) is 5.28. The minimum Gasteiger partial charge on any atom is -0.383 e. The van der Waals surface area contributed by atoms with Crippen LogP contribution in [0.4, 0.5) is 5.82 Å². The van der Waals surface area contributed by atoms with Crippen LogP contribution in [-0.4, -0.2) is 42.3 Å². The van der Waals surface area contributed by atoms with Gasteiger partial charge in [0.05, 0.1) is 6.61 Å². The van der Waals surface area contributed by atoms with Crippen molar-refractivity contribution >= 4 is 5.82 Å². The number of likely N-dealkylation sites (N-methyl/N-ethyl adjacent to an activating group) is 1. The van der Waals surface area contributed by atoms with Gasteiger partial charge < -0.3 is 9.64 Å². The predicted molar refractivity (Wildman–Crippen MR) is 82.4 cm³/mol. The summed E-state index contributed by atoms with van der Waals surface area (Å²) in [5, 5.41) is 0. The molecule has 5 heteroatoms. The molecule has 0 spiro atoms. The first-order chi connectivity index (χ1) is 10.3. The molecular formula is C16H20N4O. The van der Waals surface area contributed by atoms with Gasteiger partial charge >= 0.3 is 0 Å². The van der Waals surface area contributed by atoms with E-state index < -0.39 is 0 Å². The molecule has 2 aromatic rings. The normalized spacial score (nSPS) is 13.2. The molecular weight excluding hydrogens is 264 g/mol. The Bertz CT molecular complexity index is 615. The third-order valence-electron chi connectivity index (χ3n) is 3.80. The molecule has 0 fully saturated rings. The van der Waals surface area contributed by atoms with E-state index >= 15 is 0 Å². The molecule has 0 unspecified atom stereocenters. The molecule has 0 N–H and O–H groups in total. The second-order valence-corrected chi connectivity index (χ2v) is 5.28. The second kappa shape index (κ2) is 6.18. The van der Waals surface area contributed by atoms with Gasteiger partial charge in [0.15, 0.2) is 5.82 Å². The highest BCUT2D eigenvalue weighted by molar-refractivity contribution is 5.58. The fourth-order valence-corrected chi connectivity index (χ4v) is 2.67. The summed E-state index contributed by atoms with van der Waals surface area (Å²) in [5.41, 5.74) is 3.28. The highest BCUT2D eigenvalue weighted by atomic mass is 16.5. The van der Waals surface area contributed by atoms with E-state index in [-0.39, 0.29) is 0 Å². The lowest BCUT2D eigenvalue weighted by Gasteiger charge is -2.21. The maximum Gasteiger partial charge on any atom is 0.180 e. The Balaban J connectivity index is 2.00. The Morgan fingerprint density at radius 2 is 2.14 bits per heavy atom. The third-order valence-corrected chi connectivity index (χ3v) is 3.80. The smallest absolute Gasteiger partial charge is 0.180 e. The van der Waals surface area contributed by atoms with Crippen LogP contribution < -0.4 is 4.90 Å². The number of anilines is 1. The van der Waals surface area contributed by atoms with E-state index in [9.17, 15) is 0 Å². The lowest BCUT2D eigenvalue weighted by atomic mass is 10.2. The topological polar surface area (TPSA) is 51.1 Å². The van der Waals surface area contributed by atoms with Crippen LogP contribution >= 0.6 is 0 Å². The molecule has 2 aromatic heterocycles. The van der Waals surface area contributed by atoms with E-state index in [0.717, 1.165) is 43.1 Å². The molecule has 110 valence electrons. The molecule has 0 bridgehead atoms. The third kappa shape index (κ3) is 2.88. The van der Waals surface area contributed by atoms with Gasteiger partial charge in [0.2, 0.25) is 0 Å². The molecule has 0 saturated carbocycles. The number of aromatic nitrogens is 3. The summed E-state index contributed by atoms with van der Waals surface area (Å²) < 4.78 is 5.17. The summed E-state index contributed by atoms with van der Waals surface area (Å²) in [4.78, 5) is 16.0. The first-order valence-corrected chi connectivity index (χ1v) is 7.31. The van der Waals surface area contributed by atoms with Crippen LogP contribution in [0.15, 0.2) is 24.4 Å². The summed E-state index contributed by atoms with van der Waals surface area (Å²) in [6.07, 6.45) is 5.02. The van der Waals surface area contributed by atoms with Crippen LogP contribution in [-0.2, 0) is 17.6 Å². The van der Waals surface area contributed by atoms with Crippen LogP contribution in [0.2, 0.25) is 0 Å². The van der Waals surface area contributed by atoms with Gasteiger partial charge in [-0.1, -0.05) is 6.07 Å². The highest BCUT2D eigenvalue weighted by Gasteiger charge is 2.22. The van der Waals surface area contributed by atoms with Crippen LogP contribution in [0.5, 0.6) is 0 Å². The van der Waals surface area contributed by atoms with E-state index in [1.54, 1.807) is 13.3 Å². The number of nitrogens with zero attached hydrogens (tertiary/aromatic N) is 4. The van der Waals surface area contributed by atoms with Crippen LogP contribution in [0.3, 0.4) is 0 Å². The minimum atomic E-state index is 0.689. The fraction of sp³-hybridized carbons (Fsp3) is 0.438. The van der Waals surface area contributed by atoms with Crippen molar-refractivity contribution in [3.8, 4) is 11.5 Å². The summed E-state index contributed by atoms with van der Waals surface area (Å²) in [6.45, 7) is 1.51. The zero-order chi connectivity index (χ0) is 14.7. The van der Waals surface area contributed by atoms with Crippen molar-refractivity contribution in [3.63, 3.8) is 0 Å². The Morgan fingerprint density at radius 3 is 2.90 bits per heavy atom. The number of hydrogen-bond donors (Lipinski definition) is 0. The van der Waals surface area contributed by atoms with Crippen LogP contribution in [0.25, 0.3) is 11.5 Å². The van der Waals surface area contributed by atoms with E-state index in [1.807, 2.05) is 18.2 Å². The first kappa shape index (κ1) is 13.9. The fourth-order valence-electron chi connectivity index (χ4n) is 2.67. The highest BCUT2D eigenvalue weighted by Crippen LogP contribution is 2.30. The first-order valence-electron chi connectivity index (χ1n) is 7.31. The summed E-state index contributed by atoms with van der Waals surface area (Å²) in [7, 11) is 3.78. The number of rotatable bonds is 5. The van der Waals surface area contributed by atoms with Crippen molar-refractivity contribution in [3.05, 3.63) is 35.7 Å². The Hall–Kier alpha value is -2.01. The van der Waals surface area contributed by atoms with Gasteiger partial charge in [0.25, 0.3) is 0 Å². The van der Waals surface area contributed by atoms with Gasteiger partial charge in [-0.2, -0.15) is 0 Å². The zero-order valence-corrected chi connectivity index (χ0v) is 12.5. The zero-order valence-electron chi connectivity index (χ0n) is 12.5. The molecule has 0 aromatic carbocycles. The average molecular weight is 284 g/mol. The Labute approximate surface area is 125 Å². The average Bonchev–Trinajstić information content (AvgIpc) is 3.01. The largest absolute Gasteiger partial charge is 0.383 e. The van der Waals surface area contributed by atoms with Crippen molar-refractivity contribution < 1.29 is 4.74 Å². The maximum absolute atomic E-state index is 5.17. The predicted octanol–water partition coefficient (Wildman–Crippen LogP) is 2.11. The molecule has 21 heavy (non-hydrogen) atoms. The molecule has 1 aliphatic rings. The molecule has 2 heterocycles. The maximum atomic E-state index is 5.17. The molecule has 0 radical (unpaired) electrons. The molecule has 1 aliphatic carbocycles. The Morgan fingerprint density at radius 1 is 1.24 bits per heavy atom. The molecule has 0 atom stereocenters. The van der Waals surface area contributed by atoms with Gasteiger partial charge in [-0.05, 0) is 31.4 Å². The van der Waals surface area contributed by atoms with Crippen LogP contribution in [0.1, 0.15) is 17.7 Å². The van der Waals surface area contributed by atoms with E-state index in [2.05, 4.69) is 16.9 Å². The number of hydrogen-bond acceptors (Lipinski definition) is 5. The number of fused-ring (bicyclic) bond motifs is 1. The van der Waals surface area contributed by atoms with Crippen molar-refractivity contribution in [2.24, 2.45) is 0 Å². The van der Waals surface area contributed by atoms with Gasteiger partial charge in [0.1, 0.15) is 11.5 Å². The van der Waals surface area contributed by atoms with Crippen molar-refractivity contribution in [2.75, 3.05) is 32.2 Å². The monoisotopic (exact) mass is 284 g/mol. The van der Waals surface area contributed by atoms with Gasteiger partial charge in [0, 0.05) is 38.2 Å². The summed E-state index contributed by atoms with van der Waals surface area (Å²) >= 11 is 0. The lowest BCUT2D eigenvalue weighted by Crippen LogP contribution is -2.25. The van der Waals surface area contributed by atoms with Gasteiger partial charge in [-0.3, -0.25) is 4.98 Å². The number of ether oxygens (including phenoxy) is 1. The van der Waals surface area contributed by atoms with Crippen LogP contribution in [0, 0.1) is 0 Å². The lowest BCUT2D eigenvalue weighted by molar-refractivity contribution is 0.206. The Kier molecular flexibility index (Phi) is 4.10. The number of aryl methyl sites for hydroxylation is 1. The quantitative estimate of drug-likeness (QED) is 0.841. The van der Waals surface area contributed by atoms with Crippen molar-refractivity contribution in [1.29, 1.82) is 0 Å². The minimum absolute atomic E-state index is 0.689. The van der Waals surface area contributed by atoms with Gasteiger partial charge in [-0.25, -0.2) is 9.97 Å². The van der Waals surface area contributed by atoms with E-state index in [4.69, 9.17) is 14.7 Å². The van der Waals surface area contributed by atoms with E-state index in [1.165, 1.54) is 11.3 Å². The molecule has 0 saturated heterocycles. The molecule has 5 nitrogen and oxygen atoms in total. The molecule has 0 amide bonds. The van der Waals surface area contributed by atoms with E-state index in [0.29, 0.717) is 6.61 Å². The van der Waals surface area contributed by atoms with Crippen molar-refractivity contribution in [1.82, 2.24) is 15.0 Å². The number of pyridine rings is 1. The molecule has 3 rings (SSSR count). The standard InChI is InChI=1S/C16H20N4O/c1-20(10-11-21-2)16-12-6-5-8-13(12)18-15(19-16)14-7-3-4-9-17-14/h3-4,7,9H,5-6,8,10-11H2,1-2H3. The molecule has 0 aliphatic heterocycles.